The summed E-state index contributed by atoms with van der Waals surface area (Å²) < 4.78 is 56.7. The monoisotopic (exact) mass is 318 g/mol. The molecule has 2 aliphatic heterocycles. The molecule has 4 atom stereocenters. The highest BCUT2D eigenvalue weighted by atomic mass is 19.4. The van der Waals surface area contributed by atoms with Crippen molar-refractivity contribution >= 4 is 11.6 Å². The highest BCUT2D eigenvalue weighted by Gasteiger charge is 2.50. The number of nitrogens with two attached hydrogens (primary N) is 1. The highest BCUT2D eigenvalue weighted by molar-refractivity contribution is 5.94. The number of rotatable bonds is 2. The van der Waals surface area contributed by atoms with Gasteiger partial charge in [0.2, 0.25) is 5.91 Å². The maximum atomic E-state index is 13.2. The molecule has 1 amide bonds. The molecule has 3 N–H and O–H groups in total. The average molecular weight is 318 g/mol. The topological polar surface area (TPSA) is 64.4 Å². The van der Waals surface area contributed by atoms with Crippen LogP contribution in [-0.2, 0) is 15.7 Å². The summed E-state index contributed by atoms with van der Waals surface area (Å²) in [5.41, 5.74) is 4.38. The highest BCUT2D eigenvalue weighted by Crippen LogP contribution is 2.39. The third kappa shape index (κ3) is 2.56. The fraction of sp³-hybridized carbons (Fsp3) is 0.500. The third-order valence-corrected chi connectivity index (χ3v) is 4.17. The summed E-state index contributed by atoms with van der Waals surface area (Å²) in [6.07, 6.45) is -3.82. The number of carbonyl (C=O) groups is 1. The Morgan fingerprint density at radius 3 is 2.55 bits per heavy atom. The van der Waals surface area contributed by atoms with Crippen LogP contribution in [0.15, 0.2) is 18.2 Å². The van der Waals surface area contributed by atoms with Gasteiger partial charge in [0.1, 0.15) is 5.82 Å². The van der Waals surface area contributed by atoms with Crippen molar-refractivity contribution in [2.45, 2.75) is 37.3 Å². The average Bonchev–Trinajstić information content (AvgIpc) is 3.00. The van der Waals surface area contributed by atoms with E-state index < -0.39 is 35.4 Å². The predicted molar refractivity (Wildman–Crippen MR) is 69.4 cm³/mol. The van der Waals surface area contributed by atoms with Gasteiger partial charge in [-0.3, -0.25) is 4.79 Å². The minimum Gasteiger partial charge on any atom is -0.372 e. The maximum Gasteiger partial charge on any atom is 0.419 e. The molecule has 2 aliphatic rings. The number of anilines is 1. The van der Waals surface area contributed by atoms with Gasteiger partial charge < -0.3 is 15.8 Å². The lowest BCUT2D eigenvalue weighted by molar-refractivity contribution is -0.140. The summed E-state index contributed by atoms with van der Waals surface area (Å²) in [6.45, 7) is 0. The lowest BCUT2D eigenvalue weighted by Crippen LogP contribution is -2.45. The molecule has 1 aromatic carbocycles. The van der Waals surface area contributed by atoms with Crippen LogP contribution in [0, 0.1) is 11.7 Å². The van der Waals surface area contributed by atoms with Crippen LogP contribution in [0.3, 0.4) is 0 Å². The Balaban J connectivity index is 1.78. The Morgan fingerprint density at radius 2 is 1.95 bits per heavy atom. The van der Waals surface area contributed by atoms with E-state index in [1.165, 1.54) is 0 Å². The maximum absolute atomic E-state index is 13.2. The molecule has 2 bridgehead atoms. The molecule has 0 spiro atoms. The van der Waals surface area contributed by atoms with Crippen molar-refractivity contribution in [3.63, 3.8) is 0 Å². The SMILES string of the molecule is N[C@@H]1[C@H](C(=O)Nc2ccc(F)c(C(F)(F)F)c2)[C@@H]2CC[C@H]1O2. The number of benzene rings is 1. The van der Waals surface area contributed by atoms with Crippen LogP contribution in [0.2, 0.25) is 0 Å². The minimum atomic E-state index is -4.82. The molecule has 2 fully saturated rings. The quantitative estimate of drug-likeness (QED) is 0.822. The molecule has 2 heterocycles. The van der Waals surface area contributed by atoms with Gasteiger partial charge in [-0.1, -0.05) is 0 Å². The van der Waals surface area contributed by atoms with Crippen molar-refractivity contribution in [3.05, 3.63) is 29.6 Å². The van der Waals surface area contributed by atoms with Crippen LogP contribution >= 0.6 is 0 Å². The van der Waals surface area contributed by atoms with E-state index in [-0.39, 0.29) is 17.9 Å². The van der Waals surface area contributed by atoms with E-state index in [4.69, 9.17) is 10.5 Å². The number of fused-ring (bicyclic) bond motifs is 2. The van der Waals surface area contributed by atoms with E-state index in [1.54, 1.807) is 0 Å². The van der Waals surface area contributed by atoms with Crippen molar-refractivity contribution in [3.8, 4) is 0 Å². The molecule has 0 saturated carbocycles. The summed E-state index contributed by atoms with van der Waals surface area (Å²) in [7, 11) is 0. The molecule has 2 saturated heterocycles. The molecule has 3 rings (SSSR count). The largest absolute Gasteiger partial charge is 0.419 e. The van der Waals surface area contributed by atoms with Crippen molar-refractivity contribution < 1.29 is 27.1 Å². The number of ether oxygens (including phenoxy) is 1. The Morgan fingerprint density at radius 1 is 1.27 bits per heavy atom. The van der Waals surface area contributed by atoms with E-state index in [2.05, 4.69) is 5.32 Å². The van der Waals surface area contributed by atoms with Crippen molar-refractivity contribution in [2.75, 3.05) is 5.32 Å². The second-order valence-electron chi connectivity index (χ2n) is 5.58. The van der Waals surface area contributed by atoms with Crippen LogP contribution in [0.4, 0.5) is 23.2 Å². The summed E-state index contributed by atoms with van der Waals surface area (Å²) in [5, 5.41) is 2.37. The lowest BCUT2D eigenvalue weighted by Gasteiger charge is -2.23. The van der Waals surface area contributed by atoms with Crippen molar-refractivity contribution in [1.29, 1.82) is 0 Å². The zero-order valence-corrected chi connectivity index (χ0v) is 11.4. The van der Waals surface area contributed by atoms with E-state index >= 15 is 0 Å². The van der Waals surface area contributed by atoms with E-state index in [1.807, 2.05) is 0 Å². The van der Waals surface area contributed by atoms with Gasteiger partial charge in [0.25, 0.3) is 0 Å². The van der Waals surface area contributed by atoms with Crippen LogP contribution in [0.25, 0.3) is 0 Å². The van der Waals surface area contributed by atoms with Crippen molar-refractivity contribution in [2.24, 2.45) is 11.7 Å². The smallest absolute Gasteiger partial charge is 0.372 e. The van der Waals surface area contributed by atoms with E-state index in [0.29, 0.717) is 18.6 Å². The normalized spacial score (nSPS) is 30.6. The number of hydrogen-bond donors (Lipinski definition) is 2. The van der Waals surface area contributed by atoms with Crippen LogP contribution in [0.1, 0.15) is 18.4 Å². The summed E-state index contributed by atoms with van der Waals surface area (Å²) in [4.78, 5) is 12.2. The Bertz CT molecular complexity index is 603. The number of carbonyl (C=O) groups excluding carboxylic acids is 1. The van der Waals surface area contributed by atoms with Gasteiger partial charge in [0.15, 0.2) is 0 Å². The summed E-state index contributed by atoms with van der Waals surface area (Å²) in [5.74, 6) is -2.48. The number of amides is 1. The van der Waals surface area contributed by atoms with Gasteiger partial charge in [-0.2, -0.15) is 13.2 Å². The fourth-order valence-electron chi connectivity index (χ4n) is 3.11. The van der Waals surface area contributed by atoms with Gasteiger partial charge in [-0.25, -0.2) is 4.39 Å². The number of nitrogens with one attached hydrogen (secondary N) is 1. The molecule has 120 valence electrons. The molecule has 22 heavy (non-hydrogen) atoms. The molecule has 1 aromatic rings. The predicted octanol–water partition coefficient (Wildman–Crippen LogP) is 2.29. The van der Waals surface area contributed by atoms with Crippen molar-refractivity contribution in [1.82, 2.24) is 0 Å². The summed E-state index contributed by atoms with van der Waals surface area (Å²) in [6, 6.07) is 1.87. The first-order valence-corrected chi connectivity index (χ1v) is 6.86. The lowest BCUT2D eigenvalue weighted by atomic mass is 9.84. The molecule has 8 heteroatoms. The van der Waals surface area contributed by atoms with Crippen LogP contribution in [-0.4, -0.2) is 24.2 Å². The van der Waals surface area contributed by atoms with Crippen LogP contribution < -0.4 is 11.1 Å². The first-order chi connectivity index (χ1) is 10.3. The Labute approximate surface area is 123 Å². The van der Waals surface area contributed by atoms with E-state index in [0.717, 1.165) is 12.5 Å². The van der Waals surface area contributed by atoms with Crippen LogP contribution in [0.5, 0.6) is 0 Å². The zero-order valence-electron chi connectivity index (χ0n) is 11.4. The fourth-order valence-corrected chi connectivity index (χ4v) is 3.11. The number of halogens is 4. The minimum absolute atomic E-state index is 0.117. The molecule has 0 unspecified atom stereocenters. The molecular formula is C14H14F4N2O2. The Kier molecular flexibility index (Phi) is 3.60. The molecule has 0 radical (unpaired) electrons. The van der Waals surface area contributed by atoms with Gasteiger partial charge in [-0.05, 0) is 31.0 Å². The summed E-state index contributed by atoms with van der Waals surface area (Å²) >= 11 is 0. The first kappa shape index (κ1) is 15.2. The second-order valence-corrected chi connectivity index (χ2v) is 5.58. The molecular weight excluding hydrogens is 304 g/mol. The van der Waals surface area contributed by atoms with Gasteiger partial charge in [0, 0.05) is 11.7 Å². The standard InChI is InChI=1S/C14H14F4N2O2/c15-8-2-1-6(5-7(8)14(16,17)18)20-13(21)11-9-3-4-10(22-9)12(11)19/h1-2,5,9-12H,3-4,19H2,(H,20,21)/t9-,10+,11+,12-/m0/s1. The van der Waals surface area contributed by atoms with Gasteiger partial charge >= 0.3 is 6.18 Å². The molecule has 0 aromatic heterocycles. The molecule has 4 nitrogen and oxygen atoms in total. The number of alkyl halides is 3. The molecule has 0 aliphatic carbocycles. The first-order valence-electron chi connectivity index (χ1n) is 6.86. The Hall–Kier alpha value is -1.67. The van der Waals surface area contributed by atoms with E-state index in [9.17, 15) is 22.4 Å². The number of hydrogen-bond acceptors (Lipinski definition) is 3. The third-order valence-electron chi connectivity index (χ3n) is 4.17. The zero-order chi connectivity index (χ0) is 16.1. The van der Waals surface area contributed by atoms with Gasteiger partial charge in [-0.15, -0.1) is 0 Å². The van der Waals surface area contributed by atoms with Gasteiger partial charge in [0.05, 0.1) is 23.7 Å². The second kappa shape index (κ2) is 5.20.